The normalized spacial score (nSPS) is 14.7. The molecule has 0 fully saturated rings. The number of benzene rings is 3. The Kier molecular flexibility index (Phi) is 8.39. The molecule has 2 heterocycles. The smallest absolute Gasteiger partial charge is 0.363 e. The molecular weight excluding hydrogens is 586 g/mol. The molecule has 0 bridgehead atoms. The maximum absolute atomic E-state index is 13.1. The molecule has 0 N–H and O–H groups in total. The summed E-state index contributed by atoms with van der Waals surface area (Å²) in [5.74, 6) is 0.471. The van der Waals surface area contributed by atoms with Crippen molar-refractivity contribution in [2.24, 2.45) is 9.39 Å². The van der Waals surface area contributed by atoms with Crippen LogP contribution in [0.4, 0.5) is 0 Å². The van der Waals surface area contributed by atoms with E-state index in [2.05, 4.69) is 9.39 Å². The topological polar surface area (TPSA) is 109 Å². The summed E-state index contributed by atoms with van der Waals surface area (Å²) >= 11 is 7.76. The van der Waals surface area contributed by atoms with Gasteiger partial charge in [0, 0.05) is 11.3 Å². The van der Waals surface area contributed by atoms with E-state index in [1.54, 1.807) is 60.7 Å². The number of halogens is 1. The number of nitrogens with zero attached hydrogens (tertiary/aromatic N) is 3. The third kappa shape index (κ3) is 6.12. The van der Waals surface area contributed by atoms with Crippen molar-refractivity contribution in [2.75, 3.05) is 13.2 Å². The lowest BCUT2D eigenvalue weighted by molar-refractivity contribution is -0.129. The molecule has 0 spiro atoms. The minimum atomic E-state index is -4.05. The number of carbonyl (C=O) groups excluding carboxylic acids is 1. The van der Waals surface area contributed by atoms with Gasteiger partial charge < -0.3 is 14.2 Å². The third-order valence-corrected chi connectivity index (χ3v) is 8.59. The first-order valence-electron chi connectivity index (χ1n) is 12.6. The molecular formula is C29H24ClN3O6S2. The van der Waals surface area contributed by atoms with Crippen LogP contribution in [0.25, 0.3) is 11.8 Å². The van der Waals surface area contributed by atoms with Gasteiger partial charge in [0.15, 0.2) is 17.2 Å². The molecule has 0 radical (unpaired) electrons. The second-order valence-electron chi connectivity index (χ2n) is 8.45. The fourth-order valence-electron chi connectivity index (χ4n) is 3.92. The van der Waals surface area contributed by atoms with Gasteiger partial charge in [-0.3, -0.25) is 4.57 Å². The highest BCUT2D eigenvalue weighted by Gasteiger charge is 2.27. The predicted molar refractivity (Wildman–Crippen MR) is 157 cm³/mol. The number of thiazole rings is 1. The number of ether oxygens (including phenoxy) is 3. The third-order valence-electron chi connectivity index (χ3n) is 5.72. The van der Waals surface area contributed by atoms with Crippen LogP contribution in [0.1, 0.15) is 24.3 Å². The Bertz CT molecular complexity index is 1830. The Morgan fingerprint density at radius 3 is 2.32 bits per heavy atom. The van der Waals surface area contributed by atoms with Gasteiger partial charge in [0.05, 0.1) is 23.0 Å². The highest BCUT2D eigenvalue weighted by molar-refractivity contribution is 7.90. The van der Waals surface area contributed by atoms with Crippen molar-refractivity contribution >= 4 is 50.9 Å². The van der Waals surface area contributed by atoms with Gasteiger partial charge in [0.2, 0.25) is 10.7 Å². The summed E-state index contributed by atoms with van der Waals surface area (Å²) in [6.45, 7) is 4.62. The van der Waals surface area contributed by atoms with E-state index in [-0.39, 0.29) is 26.4 Å². The van der Waals surface area contributed by atoms with E-state index < -0.39 is 16.0 Å². The van der Waals surface area contributed by atoms with E-state index in [1.165, 1.54) is 22.8 Å². The van der Waals surface area contributed by atoms with Gasteiger partial charge >= 0.3 is 5.97 Å². The summed E-state index contributed by atoms with van der Waals surface area (Å²) in [7, 11) is -4.05. The number of rotatable bonds is 9. The average molecular weight is 610 g/mol. The van der Waals surface area contributed by atoms with Crippen LogP contribution in [0.5, 0.6) is 11.5 Å². The minimum Gasteiger partial charge on any atom is -0.490 e. The number of aromatic nitrogens is 1. The summed E-state index contributed by atoms with van der Waals surface area (Å²) in [5.41, 5.74) is 1.11. The SMILES string of the molecule is CCOc1ccc(C2=NC(=Cc3s/c(=N/S(=O)(=O)c4ccccc4)n(-c4ccccc4)c3Cl)C(=O)O2)cc1OCC. The molecule has 4 aromatic rings. The van der Waals surface area contributed by atoms with Gasteiger partial charge in [0.25, 0.3) is 10.0 Å². The van der Waals surface area contributed by atoms with Crippen LogP contribution in [0.3, 0.4) is 0 Å². The van der Waals surface area contributed by atoms with Crippen LogP contribution in [-0.4, -0.2) is 38.1 Å². The van der Waals surface area contributed by atoms with E-state index in [0.717, 1.165) is 11.3 Å². The van der Waals surface area contributed by atoms with E-state index in [0.29, 0.717) is 40.8 Å². The number of esters is 1. The van der Waals surface area contributed by atoms with Crippen molar-refractivity contribution in [1.29, 1.82) is 0 Å². The molecule has 41 heavy (non-hydrogen) atoms. The summed E-state index contributed by atoms with van der Waals surface area (Å²) in [6.07, 6.45) is 1.45. The van der Waals surface area contributed by atoms with Crippen LogP contribution >= 0.6 is 22.9 Å². The molecule has 0 aliphatic carbocycles. The van der Waals surface area contributed by atoms with Gasteiger partial charge in [-0.1, -0.05) is 59.3 Å². The Hall–Kier alpha value is -4.19. The Morgan fingerprint density at radius 2 is 1.63 bits per heavy atom. The first kappa shape index (κ1) is 28.3. The fourth-order valence-corrected chi connectivity index (χ4v) is 6.48. The quantitative estimate of drug-likeness (QED) is 0.180. The predicted octanol–water partition coefficient (Wildman–Crippen LogP) is 5.62. The second kappa shape index (κ2) is 12.1. The molecule has 0 unspecified atom stereocenters. The highest BCUT2D eigenvalue weighted by Crippen LogP contribution is 2.31. The standard InChI is InChI=1S/C29H24ClN3O6S2/c1-3-37-23-16-15-19(17-24(23)38-4-2)27-31-22(28(34)39-27)18-25-26(30)33(20-11-7-5-8-12-20)29(40-25)32-41(35,36)21-13-9-6-10-14-21/h5-18H,3-4H2,1-2H3/b22-18?,32-29+. The zero-order valence-electron chi connectivity index (χ0n) is 22.0. The van der Waals surface area contributed by atoms with Crippen LogP contribution in [0.15, 0.2) is 98.8 Å². The molecule has 1 aliphatic heterocycles. The monoisotopic (exact) mass is 609 g/mol. The molecule has 0 saturated heterocycles. The summed E-state index contributed by atoms with van der Waals surface area (Å²) in [4.78, 5) is 17.7. The molecule has 5 rings (SSSR count). The lowest BCUT2D eigenvalue weighted by Crippen LogP contribution is -2.15. The Morgan fingerprint density at radius 1 is 0.976 bits per heavy atom. The number of cyclic esters (lactones) is 1. The molecule has 1 aromatic heterocycles. The number of hydrogen-bond donors (Lipinski definition) is 0. The van der Waals surface area contributed by atoms with Crippen molar-refractivity contribution in [1.82, 2.24) is 4.57 Å². The van der Waals surface area contributed by atoms with Crippen molar-refractivity contribution in [3.05, 3.63) is 105 Å². The number of carbonyl (C=O) groups is 1. The zero-order valence-corrected chi connectivity index (χ0v) is 24.4. The van der Waals surface area contributed by atoms with Crippen LogP contribution in [0, 0.1) is 0 Å². The molecule has 210 valence electrons. The van der Waals surface area contributed by atoms with Crippen molar-refractivity contribution in [3.8, 4) is 17.2 Å². The van der Waals surface area contributed by atoms with Gasteiger partial charge in [-0.15, -0.1) is 4.40 Å². The zero-order chi connectivity index (χ0) is 29.0. The largest absolute Gasteiger partial charge is 0.490 e. The number of aliphatic imine (C=N–C) groups is 1. The van der Waals surface area contributed by atoms with Crippen molar-refractivity contribution in [3.63, 3.8) is 0 Å². The van der Waals surface area contributed by atoms with Crippen LogP contribution in [0.2, 0.25) is 5.15 Å². The maximum atomic E-state index is 13.1. The Balaban J connectivity index is 1.59. The summed E-state index contributed by atoms with van der Waals surface area (Å²) in [5, 5.41) is 0.159. The molecule has 12 heteroatoms. The minimum absolute atomic E-state index is 0.00678. The summed E-state index contributed by atoms with van der Waals surface area (Å²) < 4.78 is 48.5. The van der Waals surface area contributed by atoms with Gasteiger partial charge in [-0.05, 0) is 62.4 Å². The lowest BCUT2D eigenvalue weighted by atomic mass is 10.2. The number of hydrogen-bond acceptors (Lipinski definition) is 8. The van der Waals surface area contributed by atoms with Crippen molar-refractivity contribution < 1.29 is 27.4 Å². The van der Waals surface area contributed by atoms with E-state index in [9.17, 15) is 13.2 Å². The molecule has 0 amide bonds. The van der Waals surface area contributed by atoms with Gasteiger partial charge in [0.1, 0.15) is 5.15 Å². The van der Waals surface area contributed by atoms with Crippen LogP contribution in [-0.2, 0) is 19.6 Å². The van der Waals surface area contributed by atoms with E-state index >= 15 is 0 Å². The second-order valence-corrected chi connectivity index (χ2v) is 11.4. The number of sulfonamides is 1. The fraction of sp³-hybridized carbons (Fsp3) is 0.138. The Labute approximate surface area is 245 Å². The van der Waals surface area contributed by atoms with Gasteiger partial charge in [-0.25, -0.2) is 9.79 Å². The first-order valence-corrected chi connectivity index (χ1v) is 15.2. The molecule has 0 saturated carbocycles. The summed E-state index contributed by atoms with van der Waals surface area (Å²) in [6, 6.07) is 22.0. The average Bonchev–Trinajstić information content (AvgIpc) is 3.49. The highest BCUT2D eigenvalue weighted by atomic mass is 35.5. The molecule has 3 aromatic carbocycles. The lowest BCUT2D eigenvalue weighted by Gasteiger charge is -2.11. The first-order chi connectivity index (χ1) is 19.8. The van der Waals surface area contributed by atoms with E-state index in [1.807, 2.05) is 19.9 Å². The van der Waals surface area contributed by atoms with Crippen LogP contribution < -0.4 is 14.3 Å². The van der Waals surface area contributed by atoms with E-state index in [4.69, 9.17) is 25.8 Å². The molecule has 0 atom stereocenters. The molecule has 1 aliphatic rings. The van der Waals surface area contributed by atoms with Gasteiger partial charge in [-0.2, -0.15) is 8.42 Å². The maximum Gasteiger partial charge on any atom is 0.363 e. The number of para-hydroxylation sites is 1. The van der Waals surface area contributed by atoms with Crippen molar-refractivity contribution in [2.45, 2.75) is 18.7 Å². The molecule has 9 nitrogen and oxygen atoms in total.